The van der Waals surface area contributed by atoms with Gasteiger partial charge in [-0.2, -0.15) is 0 Å². The number of rotatable bonds is 2. The maximum Gasteiger partial charge on any atom is 0.126 e. The Bertz CT molecular complexity index is 271. The first-order valence-electron chi connectivity index (χ1n) is 3.97. The van der Waals surface area contributed by atoms with Crippen molar-refractivity contribution in [1.29, 1.82) is 0 Å². The van der Waals surface area contributed by atoms with E-state index in [1.807, 2.05) is 26.0 Å². The largest absolute Gasteiger partial charge is 0.207 e. The first kappa shape index (κ1) is 9.72. The standard InChI is InChI=1S/C10H12BrF/c1-7-3-4-9(8(2)6-11)10(12)5-7/h3-5,8H,6H2,1-2H3. The van der Waals surface area contributed by atoms with Crippen LogP contribution in [-0.4, -0.2) is 5.33 Å². The molecule has 0 radical (unpaired) electrons. The molecule has 66 valence electrons. The molecule has 0 aliphatic rings. The summed E-state index contributed by atoms with van der Waals surface area (Å²) in [4.78, 5) is 0. The fourth-order valence-electron chi connectivity index (χ4n) is 1.11. The first-order valence-corrected chi connectivity index (χ1v) is 5.09. The molecule has 12 heavy (non-hydrogen) atoms. The lowest BCUT2D eigenvalue weighted by Crippen LogP contribution is -1.98. The van der Waals surface area contributed by atoms with Crippen LogP contribution in [0.5, 0.6) is 0 Å². The van der Waals surface area contributed by atoms with E-state index < -0.39 is 0 Å². The minimum absolute atomic E-state index is 0.0954. The van der Waals surface area contributed by atoms with Crippen LogP contribution < -0.4 is 0 Å². The van der Waals surface area contributed by atoms with Crippen molar-refractivity contribution in [1.82, 2.24) is 0 Å². The van der Waals surface area contributed by atoms with Gasteiger partial charge in [-0.05, 0) is 30.0 Å². The summed E-state index contributed by atoms with van der Waals surface area (Å²) >= 11 is 3.34. The quantitative estimate of drug-likeness (QED) is 0.681. The fourth-order valence-corrected chi connectivity index (χ4v) is 1.46. The van der Waals surface area contributed by atoms with Crippen LogP contribution in [0, 0.1) is 12.7 Å². The Labute approximate surface area is 80.9 Å². The summed E-state index contributed by atoms with van der Waals surface area (Å²) in [6, 6.07) is 5.38. The third-order valence-corrected chi connectivity index (χ3v) is 2.89. The average Bonchev–Trinajstić information content (AvgIpc) is 2.03. The number of hydrogen-bond donors (Lipinski definition) is 0. The summed E-state index contributed by atoms with van der Waals surface area (Å²) in [6.45, 7) is 3.90. The van der Waals surface area contributed by atoms with Crippen molar-refractivity contribution in [3.63, 3.8) is 0 Å². The molecule has 1 rings (SSSR count). The van der Waals surface area contributed by atoms with E-state index in [1.165, 1.54) is 0 Å². The van der Waals surface area contributed by atoms with E-state index in [9.17, 15) is 4.39 Å². The molecule has 1 aromatic carbocycles. The maximum absolute atomic E-state index is 13.3. The van der Waals surface area contributed by atoms with Gasteiger partial charge in [0, 0.05) is 5.33 Å². The molecule has 0 saturated carbocycles. The summed E-state index contributed by atoms with van der Waals surface area (Å²) in [5.74, 6) is 0.146. The zero-order valence-corrected chi connectivity index (χ0v) is 8.86. The molecule has 0 amide bonds. The van der Waals surface area contributed by atoms with Gasteiger partial charge in [0.25, 0.3) is 0 Å². The van der Waals surface area contributed by atoms with Crippen molar-refractivity contribution in [3.05, 3.63) is 35.1 Å². The highest BCUT2D eigenvalue weighted by Crippen LogP contribution is 2.21. The SMILES string of the molecule is Cc1ccc(C(C)CBr)c(F)c1. The van der Waals surface area contributed by atoms with E-state index in [2.05, 4.69) is 15.9 Å². The van der Waals surface area contributed by atoms with Crippen LogP contribution in [0.3, 0.4) is 0 Å². The Balaban J connectivity index is 3.01. The number of halogens is 2. The van der Waals surface area contributed by atoms with Crippen LogP contribution in [0.2, 0.25) is 0 Å². The summed E-state index contributed by atoms with van der Waals surface area (Å²) < 4.78 is 13.3. The van der Waals surface area contributed by atoms with Gasteiger partial charge in [-0.1, -0.05) is 35.0 Å². The van der Waals surface area contributed by atoms with Gasteiger partial charge in [0.1, 0.15) is 5.82 Å². The van der Waals surface area contributed by atoms with Crippen LogP contribution >= 0.6 is 15.9 Å². The van der Waals surface area contributed by atoms with Gasteiger partial charge in [0.15, 0.2) is 0 Å². The summed E-state index contributed by atoms with van der Waals surface area (Å²) in [5.41, 5.74) is 1.76. The van der Waals surface area contributed by atoms with Gasteiger partial charge in [0.2, 0.25) is 0 Å². The topological polar surface area (TPSA) is 0 Å². The molecule has 0 nitrogen and oxygen atoms in total. The summed E-state index contributed by atoms with van der Waals surface area (Å²) in [7, 11) is 0. The van der Waals surface area contributed by atoms with Gasteiger partial charge < -0.3 is 0 Å². The predicted octanol–water partition coefficient (Wildman–Crippen LogP) is 3.63. The second-order valence-corrected chi connectivity index (χ2v) is 3.73. The Morgan fingerprint density at radius 1 is 1.50 bits per heavy atom. The highest BCUT2D eigenvalue weighted by Gasteiger charge is 2.08. The molecular weight excluding hydrogens is 219 g/mol. The minimum Gasteiger partial charge on any atom is -0.207 e. The van der Waals surface area contributed by atoms with Gasteiger partial charge in [-0.3, -0.25) is 0 Å². The second kappa shape index (κ2) is 4.04. The summed E-state index contributed by atoms with van der Waals surface area (Å²) in [5, 5.41) is 0.799. The van der Waals surface area contributed by atoms with Crippen molar-refractivity contribution in [2.45, 2.75) is 19.8 Å². The van der Waals surface area contributed by atoms with E-state index in [1.54, 1.807) is 6.07 Å². The molecule has 0 bridgehead atoms. The Morgan fingerprint density at radius 2 is 2.17 bits per heavy atom. The minimum atomic E-state index is -0.0954. The van der Waals surface area contributed by atoms with Crippen molar-refractivity contribution in [2.75, 3.05) is 5.33 Å². The molecule has 0 heterocycles. The Morgan fingerprint density at radius 3 is 2.67 bits per heavy atom. The van der Waals surface area contributed by atoms with E-state index in [0.29, 0.717) is 0 Å². The Kier molecular flexibility index (Phi) is 3.27. The smallest absolute Gasteiger partial charge is 0.126 e. The highest BCUT2D eigenvalue weighted by atomic mass is 79.9. The molecule has 0 spiro atoms. The van der Waals surface area contributed by atoms with E-state index in [-0.39, 0.29) is 11.7 Å². The lowest BCUT2D eigenvalue weighted by atomic mass is 10.0. The molecule has 0 aliphatic carbocycles. The lowest BCUT2D eigenvalue weighted by Gasteiger charge is -2.09. The molecular formula is C10H12BrF. The van der Waals surface area contributed by atoms with Gasteiger partial charge in [0.05, 0.1) is 0 Å². The van der Waals surface area contributed by atoms with E-state index >= 15 is 0 Å². The molecule has 0 N–H and O–H groups in total. The zero-order chi connectivity index (χ0) is 9.14. The normalized spacial score (nSPS) is 13.0. The van der Waals surface area contributed by atoms with E-state index in [4.69, 9.17) is 0 Å². The lowest BCUT2D eigenvalue weighted by molar-refractivity contribution is 0.599. The van der Waals surface area contributed by atoms with Crippen molar-refractivity contribution >= 4 is 15.9 Å². The van der Waals surface area contributed by atoms with Crippen LogP contribution in [-0.2, 0) is 0 Å². The summed E-state index contributed by atoms with van der Waals surface area (Å²) in [6.07, 6.45) is 0. The third kappa shape index (κ3) is 2.07. The van der Waals surface area contributed by atoms with Gasteiger partial charge in [-0.25, -0.2) is 4.39 Å². The molecule has 1 aromatic rings. The van der Waals surface area contributed by atoms with Crippen LogP contribution in [0.4, 0.5) is 4.39 Å². The van der Waals surface area contributed by atoms with Crippen LogP contribution in [0.1, 0.15) is 24.0 Å². The van der Waals surface area contributed by atoms with Crippen molar-refractivity contribution in [3.8, 4) is 0 Å². The van der Waals surface area contributed by atoms with Crippen LogP contribution in [0.15, 0.2) is 18.2 Å². The third-order valence-electron chi connectivity index (χ3n) is 1.92. The van der Waals surface area contributed by atoms with Crippen LogP contribution in [0.25, 0.3) is 0 Å². The van der Waals surface area contributed by atoms with Crippen molar-refractivity contribution in [2.24, 2.45) is 0 Å². The number of aryl methyl sites for hydroxylation is 1. The van der Waals surface area contributed by atoms with E-state index in [0.717, 1.165) is 16.5 Å². The second-order valence-electron chi connectivity index (χ2n) is 3.08. The molecule has 0 fully saturated rings. The van der Waals surface area contributed by atoms with Crippen molar-refractivity contribution < 1.29 is 4.39 Å². The molecule has 0 saturated heterocycles. The number of benzene rings is 1. The maximum atomic E-state index is 13.3. The monoisotopic (exact) mass is 230 g/mol. The number of hydrogen-bond acceptors (Lipinski definition) is 0. The van der Waals surface area contributed by atoms with Gasteiger partial charge in [-0.15, -0.1) is 0 Å². The Hall–Kier alpha value is -0.370. The molecule has 0 aromatic heterocycles. The fraction of sp³-hybridized carbons (Fsp3) is 0.400. The average molecular weight is 231 g/mol. The molecule has 1 atom stereocenters. The molecule has 0 aliphatic heterocycles. The first-order chi connectivity index (χ1) is 5.65. The zero-order valence-electron chi connectivity index (χ0n) is 7.27. The molecule has 2 heteroatoms. The highest BCUT2D eigenvalue weighted by molar-refractivity contribution is 9.09. The van der Waals surface area contributed by atoms with Gasteiger partial charge >= 0.3 is 0 Å². The molecule has 1 unspecified atom stereocenters. The number of alkyl halides is 1. The predicted molar refractivity (Wildman–Crippen MR) is 53.3 cm³/mol.